The van der Waals surface area contributed by atoms with Gasteiger partial charge in [-0.15, -0.1) is 0 Å². The van der Waals surface area contributed by atoms with Crippen LogP contribution in [-0.4, -0.2) is 54.5 Å². The van der Waals surface area contributed by atoms with Gasteiger partial charge in [-0.1, -0.05) is 12.7 Å². The third-order valence-electron chi connectivity index (χ3n) is 3.75. The van der Waals surface area contributed by atoms with Crippen molar-refractivity contribution in [2.45, 2.75) is 18.9 Å². The molecule has 0 aromatic carbocycles. The van der Waals surface area contributed by atoms with E-state index in [1.807, 2.05) is 0 Å². The summed E-state index contributed by atoms with van der Waals surface area (Å²) in [5, 5.41) is 9.17. The van der Waals surface area contributed by atoms with Gasteiger partial charge in [0.1, 0.15) is 6.61 Å². The molecule has 0 saturated carbocycles. The van der Waals surface area contributed by atoms with Crippen LogP contribution in [0.2, 0.25) is 0 Å². The molecule has 6 nitrogen and oxygen atoms in total. The van der Waals surface area contributed by atoms with Crippen LogP contribution in [0.4, 0.5) is 4.79 Å². The molecule has 1 amide bonds. The molecule has 2 aliphatic heterocycles. The zero-order valence-corrected chi connectivity index (χ0v) is 10.8. The van der Waals surface area contributed by atoms with Crippen LogP contribution in [0.1, 0.15) is 12.8 Å². The lowest BCUT2D eigenvalue weighted by atomic mass is 9.81. The number of aliphatic carboxylic acids is 1. The molecule has 2 heterocycles. The Labute approximate surface area is 112 Å². The maximum Gasteiger partial charge on any atom is 0.410 e. The Balaban J connectivity index is 2.09. The summed E-state index contributed by atoms with van der Waals surface area (Å²) in [6.45, 7) is 4.96. The highest BCUT2D eigenvalue weighted by Gasteiger charge is 2.43. The number of ether oxygens (including phenoxy) is 2. The number of carboxylic acid groups (broad SMARTS) is 1. The SMILES string of the molecule is C=CCOC(=O)N1CC(C(=O)O)CC2COCCC21. The molecule has 1 N–H and O–H groups in total. The third kappa shape index (κ3) is 3.07. The Hall–Kier alpha value is -1.56. The fraction of sp³-hybridized carbons (Fsp3) is 0.692. The highest BCUT2D eigenvalue weighted by molar-refractivity contribution is 5.73. The van der Waals surface area contributed by atoms with Gasteiger partial charge in [-0.05, 0) is 12.8 Å². The van der Waals surface area contributed by atoms with E-state index >= 15 is 0 Å². The lowest BCUT2D eigenvalue weighted by molar-refractivity contribution is -0.146. The minimum absolute atomic E-state index is 0.0293. The summed E-state index contributed by atoms with van der Waals surface area (Å²) < 4.78 is 10.4. The number of piperidine rings is 1. The van der Waals surface area contributed by atoms with Crippen molar-refractivity contribution in [3.8, 4) is 0 Å². The summed E-state index contributed by atoms with van der Waals surface area (Å²) in [4.78, 5) is 24.7. The molecule has 2 saturated heterocycles. The number of hydrogen-bond acceptors (Lipinski definition) is 4. The van der Waals surface area contributed by atoms with Gasteiger partial charge in [0, 0.05) is 25.1 Å². The third-order valence-corrected chi connectivity index (χ3v) is 3.75. The van der Waals surface area contributed by atoms with E-state index in [4.69, 9.17) is 14.6 Å². The minimum Gasteiger partial charge on any atom is -0.481 e. The Kier molecular flexibility index (Phi) is 4.42. The minimum atomic E-state index is -0.870. The van der Waals surface area contributed by atoms with Gasteiger partial charge in [0.15, 0.2) is 0 Å². The maximum absolute atomic E-state index is 12.0. The van der Waals surface area contributed by atoms with Crippen molar-refractivity contribution < 1.29 is 24.2 Å². The average molecular weight is 269 g/mol. The molecule has 2 aliphatic rings. The molecule has 0 bridgehead atoms. The maximum atomic E-state index is 12.0. The molecule has 0 spiro atoms. The van der Waals surface area contributed by atoms with Crippen molar-refractivity contribution in [2.24, 2.45) is 11.8 Å². The first kappa shape index (κ1) is 13.9. The number of fused-ring (bicyclic) bond motifs is 1. The molecule has 2 rings (SSSR count). The van der Waals surface area contributed by atoms with E-state index in [0.717, 1.165) is 6.42 Å². The van der Waals surface area contributed by atoms with Crippen LogP contribution in [0.3, 0.4) is 0 Å². The van der Waals surface area contributed by atoms with Crippen LogP contribution in [0.5, 0.6) is 0 Å². The smallest absolute Gasteiger partial charge is 0.410 e. The number of carbonyl (C=O) groups is 2. The van der Waals surface area contributed by atoms with Crippen molar-refractivity contribution in [2.75, 3.05) is 26.4 Å². The number of rotatable bonds is 3. The van der Waals surface area contributed by atoms with Crippen LogP contribution in [0.15, 0.2) is 12.7 Å². The fourth-order valence-electron chi connectivity index (χ4n) is 2.84. The first-order chi connectivity index (χ1) is 9.13. The summed E-state index contributed by atoms with van der Waals surface area (Å²) in [5.41, 5.74) is 0. The van der Waals surface area contributed by atoms with Crippen molar-refractivity contribution in [3.05, 3.63) is 12.7 Å². The van der Waals surface area contributed by atoms with Crippen molar-refractivity contribution in [1.82, 2.24) is 4.90 Å². The van der Waals surface area contributed by atoms with Gasteiger partial charge in [0.25, 0.3) is 0 Å². The Morgan fingerprint density at radius 3 is 3.00 bits per heavy atom. The van der Waals surface area contributed by atoms with E-state index in [9.17, 15) is 9.59 Å². The highest BCUT2D eigenvalue weighted by Crippen LogP contribution is 2.33. The lowest BCUT2D eigenvalue weighted by Gasteiger charge is -2.45. The molecule has 3 atom stereocenters. The van der Waals surface area contributed by atoms with Gasteiger partial charge in [-0.3, -0.25) is 4.79 Å². The highest BCUT2D eigenvalue weighted by atomic mass is 16.6. The van der Waals surface area contributed by atoms with Gasteiger partial charge in [0.05, 0.1) is 12.5 Å². The molecule has 6 heteroatoms. The Morgan fingerprint density at radius 2 is 2.32 bits per heavy atom. The summed E-state index contributed by atoms with van der Waals surface area (Å²) in [5.74, 6) is -1.33. The summed E-state index contributed by atoms with van der Waals surface area (Å²) in [6.07, 6.45) is 2.34. The lowest BCUT2D eigenvalue weighted by Crippen LogP contribution is -2.56. The molecular formula is C13H19NO5. The Morgan fingerprint density at radius 1 is 1.53 bits per heavy atom. The topological polar surface area (TPSA) is 76.1 Å². The standard InChI is InChI=1S/C13H19NO5/c1-2-4-19-13(17)14-7-9(12(15)16)6-10-8-18-5-3-11(10)14/h2,9-11H,1,3-8H2,(H,15,16). The molecule has 0 aromatic heterocycles. The van der Waals surface area contributed by atoms with E-state index in [1.54, 1.807) is 4.90 Å². The van der Waals surface area contributed by atoms with Crippen LogP contribution in [0, 0.1) is 11.8 Å². The van der Waals surface area contributed by atoms with Gasteiger partial charge in [-0.2, -0.15) is 0 Å². The van der Waals surface area contributed by atoms with Crippen LogP contribution >= 0.6 is 0 Å². The second-order valence-electron chi connectivity index (χ2n) is 4.98. The fourth-order valence-corrected chi connectivity index (χ4v) is 2.84. The predicted octanol–water partition coefficient (Wildman–Crippen LogP) is 1.12. The van der Waals surface area contributed by atoms with E-state index in [-0.39, 0.29) is 25.1 Å². The van der Waals surface area contributed by atoms with Gasteiger partial charge in [-0.25, -0.2) is 4.79 Å². The van der Waals surface area contributed by atoms with Crippen molar-refractivity contribution in [3.63, 3.8) is 0 Å². The Bertz CT molecular complexity index is 370. The van der Waals surface area contributed by atoms with Gasteiger partial charge >= 0.3 is 12.1 Å². The number of amides is 1. The molecule has 0 radical (unpaired) electrons. The molecule has 3 unspecified atom stereocenters. The number of nitrogens with zero attached hydrogens (tertiary/aromatic N) is 1. The normalized spacial score (nSPS) is 30.3. The quantitative estimate of drug-likeness (QED) is 0.777. The van der Waals surface area contributed by atoms with E-state index in [2.05, 4.69) is 6.58 Å². The van der Waals surface area contributed by atoms with Crippen molar-refractivity contribution >= 4 is 12.1 Å². The molecular weight excluding hydrogens is 250 g/mol. The first-order valence-electron chi connectivity index (χ1n) is 6.48. The first-order valence-corrected chi connectivity index (χ1v) is 6.48. The van der Waals surface area contributed by atoms with Gasteiger partial charge < -0.3 is 19.5 Å². The van der Waals surface area contributed by atoms with Crippen LogP contribution in [-0.2, 0) is 14.3 Å². The number of hydrogen-bond donors (Lipinski definition) is 1. The number of likely N-dealkylation sites (tertiary alicyclic amines) is 1. The summed E-state index contributed by atoms with van der Waals surface area (Å²) >= 11 is 0. The van der Waals surface area contributed by atoms with E-state index in [1.165, 1.54) is 6.08 Å². The summed E-state index contributed by atoms with van der Waals surface area (Å²) in [7, 11) is 0. The number of carboxylic acids is 1. The molecule has 106 valence electrons. The second kappa shape index (κ2) is 6.06. The number of carbonyl (C=O) groups excluding carboxylic acids is 1. The predicted molar refractivity (Wildman–Crippen MR) is 66.7 cm³/mol. The largest absolute Gasteiger partial charge is 0.481 e. The zero-order valence-electron chi connectivity index (χ0n) is 10.8. The van der Waals surface area contributed by atoms with E-state index < -0.39 is 18.0 Å². The average Bonchev–Trinajstić information content (AvgIpc) is 2.43. The molecule has 2 fully saturated rings. The van der Waals surface area contributed by atoms with Crippen molar-refractivity contribution in [1.29, 1.82) is 0 Å². The summed E-state index contributed by atoms with van der Waals surface area (Å²) in [6, 6.07) is 0.0293. The zero-order chi connectivity index (χ0) is 13.8. The molecule has 0 aliphatic carbocycles. The van der Waals surface area contributed by atoms with Gasteiger partial charge in [0.2, 0.25) is 0 Å². The van der Waals surface area contributed by atoms with Crippen LogP contribution < -0.4 is 0 Å². The molecule has 19 heavy (non-hydrogen) atoms. The van der Waals surface area contributed by atoms with Crippen LogP contribution in [0.25, 0.3) is 0 Å². The second-order valence-corrected chi connectivity index (χ2v) is 4.98. The monoisotopic (exact) mass is 269 g/mol. The van der Waals surface area contributed by atoms with E-state index in [0.29, 0.717) is 19.6 Å². The molecule has 0 aromatic rings.